The first-order valence-electron chi connectivity index (χ1n) is 5.56. The van der Waals surface area contributed by atoms with Gasteiger partial charge in [0, 0.05) is 17.3 Å². The number of carbonyl (C=O) groups excluding carboxylic acids is 1. The number of benzene rings is 1. The first-order valence-corrected chi connectivity index (χ1v) is 7.43. The number of hydrazine groups is 1. The number of rotatable bonds is 6. The molecule has 1 aromatic carbocycles. The number of aromatic nitrogens is 1. The average Bonchev–Trinajstić information content (AvgIpc) is 2.96. The van der Waals surface area contributed by atoms with Gasteiger partial charge in [0.2, 0.25) is 0 Å². The highest BCUT2D eigenvalue weighted by Crippen LogP contribution is 2.21. The summed E-state index contributed by atoms with van der Waals surface area (Å²) < 4.78 is 6.61. The molecule has 0 bridgehead atoms. The fraction of sp³-hybridized carbons (Fsp3) is 0.167. The summed E-state index contributed by atoms with van der Waals surface area (Å²) >= 11 is 3.22. The van der Waals surface area contributed by atoms with E-state index in [4.69, 9.17) is 10.6 Å². The summed E-state index contributed by atoms with van der Waals surface area (Å²) in [7, 11) is 0. The Morgan fingerprint density at radius 2 is 2.32 bits per heavy atom. The topological polar surface area (TPSA) is 77.2 Å². The number of hydrogen-bond donors (Lipinski definition) is 2. The van der Waals surface area contributed by atoms with Crippen molar-refractivity contribution in [1.29, 1.82) is 0 Å². The van der Waals surface area contributed by atoms with E-state index in [1.807, 2.05) is 11.4 Å². The molecule has 19 heavy (non-hydrogen) atoms. The van der Waals surface area contributed by atoms with Crippen molar-refractivity contribution < 1.29 is 9.53 Å². The Morgan fingerprint density at radius 3 is 3.05 bits per heavy atom. The number of nitrogens with zero attached hydrogens (tertiary/aromatic N) is 1. The van der Waals surface area contributed by atoms with E-state index in [0.29, 0.717) is 17.9 Å². The van der Waals surface area contributed by atoms with Gasteiger partial charge < -0.3 is 4.74 Å². The maximum atomic E-state index is 11.5. The van der Waals surface area contributed by atoms with Crippen molar-refractivity contribution in [2.75, 3.05) is 12.4 Å². The zero-order chi connectivity index (χ0) is 13.5. The minimum Gasteiger partial charge on any atom is -0.492 e. The predicted octanol–water partition coefficient (Wildman–Crippen LogP) is 1.92. The van der Waals surface area contributed by atoms with Crippen molar-refractivity contribution in [3.05, 3.63) is 41.4 Å². The number of amides is 1. The minimum atomic E-state index is -0.358. The molecule has 0 spiro atoms. The Kier molecular flexibility index (Phi) is 5.20. The average molecular weight is 295 g/mol. The Balaban J connectivity index is 1.87. The molecular weight excluding hydrogens is 282 g/mol. The van der Waals surface area contributed by atoms with Gasteiger partial charge in [0.15, 0.2) is 0 Å². The number of nitrogen functional groups attached to an aromatic ring is 1. The summed E-state index contributed by atoms with van der Waals surface area (Å²) in [6.07, 6.45) is 1.77. The lowest BCUT2D eigenvalue weighted by atomic mass is 10.2. The van der Waals surface area contributed by atoms with Gasteiger partial charge in [0.25, 0.3) is 5.91 Å². The quantitative estimate of drug-likeness (QED) is 0.280. The molecule has 0 saturated carbocycles. The van der Waals surface area contributed by atoms with Crippen LogP contribution in [0.25, 0.3) is 0 Å². The monoisotopic (exact) mass is 295 g/mol. The molecule has 0 aliphatic carbocycles. The fourth-order valence-electron chi connectivity index (χ4n) is 1.42. The highest BCUT2D eigenvalue weighted by atomic mass is 32.2. The molecule has 0 saturated heterocycles. The smallest absolute Gasteiger partial charge is 0.268 e. The third kappa shape index (κ3) is 3.95. The van der Waals surface area contributed by atoms with Gasteiger partial charge in [-0.1, -0.05) is 23.9 Å². The molecule has 5 nitrogen and oxygen atoms in total. The second-order valence-corrected chi connectivity index (χ2v) is 5.70. The highest BCUT2D eigenvalue weighted by molar-refractivity contribution is 8.01. The van der Waals surface area contributed by atoms with Crippen LogP contribution in [-0.4, -0.2) is 23.3 Å². The van der Waals surface area contributed by atoms with E-state index in [0.717, 1.165) is 10.1 Å². The molecular formula is C12H13N3O2S2. The number of hydrogen-bond acceptors (Lipinski definition) is 6. The van der Waals surface area contributed by atoms with Crippen LogP contribution in [0, 0.1) is 0 Å². The number of para-hydroxylation sites is 1. The van der Waals surface area contributed by atoms with Crippen LogP contribution in [0.3, 0.4) is 0 Å². The zero-order valence-electron chi connectivity index (χ0n) is 10.0. The van der Waals surface area contributed by atoms with Gasteiger partial charge in [-0.05, 0) is 12.1 Å². The van der Waals surface area contributed by atoms with Crippen molar-refractivity contribution in [3.8, 4) is 5.75 Å². The minimum absolute atomic E-state index is 0.358. The van der Waals surface area contributed by atoms with Crippen LogP contribution in [0.1, 0.15) is 10.4 Å². The van der Waals surface area contributed by atoms with Crippen LogP contribution < -0.4 is 16.0 Å². The Hall–Kier alpha value is -1.57. The summed E-state index contributed by atoms with van der Waals surface area (Å²) in [5.74, 6) is 6.07. The lowest BCUT2D eigenvalue weighted by Gasteiger charge is -2.09. The van der Waals surface area contributed by atoms with E-state index in [1.165, 1.54) is 0 Å². The van der Waals surface area contributed by atoms with Gasteiger partial charge in [-0.2, -0.15) is 0 Å². The van der Waals surface area contributed by atoms with Crippen LogP contribution >= 0.6 is 23.1 Å². The lowest BCUT2D eigenvalue weighted by molar-refractivity contribution is 0.0950. The zero-order valence-corrected chi connectivity index (χ0v) is 11.7. The second kappa shape index (κ2) is 7.13. The Morgan fingerprint density at radius 1 is 1.47 bits per heavy atom. The van der Waals surface area contributed by atoms with Crippen molar-refractivity contribution in [1.82, 2.24) is 10.4 Å². The first kappa shape index (κ1) is 13.9. The van der Waals surface area contributed by atoms with Crippen LogP contribution in [0.2, 0.25) is 0 Å². The van der Waals surface area contributed by atoms with E-state index >= 15 is 0 Å². The fourth-order valence-corrected chi connectivity index (χ4v) is 2.95. The van der Waals surface area contributed by atoms with Crippen molar-refractivity contribution in [2.24, 2.45) is 5.84 Å². The number of nitrogens with one attached hydrogen (secondary N) is 1. The summed E-state index contributed by atoms with van der Waals surface area (Å²) in [6, 6.07) is 7.00. The molecule has 0 aliphatic heterocycles. The number of ether oxygens (including phenoxy) is 1. The van der Waals surface area contributed by atoms with Crippen molar-refractivity contribution in [2.45, 2.75) is 4.34 Å². The highest BCUT2D eigenvalue weighted by Gasteiger charge is 2.10. The van der Waals surface area contributed by atoms with Crippen LogP contribution in [0.5, 0.6) is 5.75 Å². The normalized spacial score (nSPS) is 10.2. The molecule has 7 heteroatoms. The molecule has 100 valence electrons. The van der Waals surface area contributed by atoms with Gasteiger partial charge in [0.05, 0.1) is 12.2 Å². The summed E-state index contributed by atoms with van der Waals surface area (Å²) in [6.45, 7) is 0.499. The van der Waals surface area contributed by atoms with E-state index in [2.05, 4.69) is 10.4 Å². The van der Waals surface area contributed by atoms with Crippen LogP contribution in [0.4, 0.5) is 0 Å². The largest absolute Gasteiger partial charge is 0.492 e. The number of carbonyl (C=O) groups is 1. The standard InChI is InChI=1S/C12H13N3O2S2/c13-15-11(16)9-3-1-2-4-10(9)17-6-8-19-12-14-5-7-18-12/h1-5,7H,6,8,13H2,(H,15,16). The van der Waals surface area contributed by atoms with Crippen molar-refractivity contribution in [3.63, 3.8) is 0 Å². The Labute approximate surface area is 119 Å². The number of thiazole rings is 1. The van der Waals surface area contributed by atoms with E-state index in [1.54, 1.807) is 47.5 Å². The van der Waals surface area contributed by atoms with Gasteiger partial charge in [0.1, 0.15) is 10.1 Å². The first-order chi connectivity index (χ1) is 9.31. The summed E-state index contributed by atoms with van der Waals surface area (Å²) in [5.41, 5.74) is 2.54. The second-order valence-electron chi connectivity index (χ2n) is 3.46. The van der Waals surface area contributed by atoms with Crippen LogP contribution in [0.15, 0.2) is 40.2 Å². The molecule has 0 fully saturated rings. The maximum Gasteiger partial charge on any atom is 0.268 e. The molecule has 3 N–H and O–H groups in total. The van der Waals surface area contributed by atoms with Gasteiger partial charge in [-0.15, -0.1) is 11.3 Å². The van der Waals surface area contributed by atoms with E-state index < -0.39 is 0 Å². The van der Waals surface area contributed by atoms with E-state index in [-0.39, 0.29) is 5.91 Å². The maximum absolute atomic E-state index is 11.5. The molecule has 2 aromatic rings. The Bertz CT molecular complexity index is 532. The number of nitrogens with two attached hydrogens (primary N) is 1. The van der Waals surface area contributed by atoms with E-state index in [9.17, 15) is 4.79 Å². The molecule has 0 radical (unpaired) electrons. The third-order valence-electron chi connectivity index (χ3n) is 2.24. The molecule has 0 aliphatic rings. The van der Waals surface area contributed by atoms with Gasteiger partial charge in [-0.25, -0.2) is 10.8 Å². The molecule has 1 amide bonds. The molecule has 1 heterocycles. The SMILES string of the molecule is NNC(=O)c1ccccc1OCCSc1nccs1. The molecule has 0 atom stereocenters. The van der Waals surface area contributed by atoms with Gasteiger partial charge >= 0.3 is 0 Å². The lowest BCUT2D eigenvalue weighted by Crippen LogP contribution is -2.30. The summed E-state index contributed by atoms with van der Waals surface area (Å²) in [4.78, 5) is 15.7. The third-order valence-corrected chi connectivity index (χ3v) is 4.17. The summed E-state index contributed by atoms with van der Waals surface area (Å²) in [5, 5.41) is 1.93. The molecule has 1 aromatic heterocycles. The molecule has 0 unspecified atom stereocenters. The van der Waals surface area contributed by atoms with Crippen molar-refractivity contribution >= 4 is 29.0 Å². The molecule has 2 rings (SSSR count). The van der Waals surface area contributed by atoms with Gasteiger partial charge in [-0.3, -0.25) is 10.2 Å². The number of thioether (sulfide) groups is 1. The predicted molar refractivity (Wildman–Crippen MR) is 76.4 cm³/mol. The van der Waals surface area contributed by atoms with Crippen LogP contribution in [-0.2, 0) is 0 Å².